The van der Waals surface area contributed by atoms with Crippen LogP contribution in [0.4, 0.5) is 0 Å². The van der Waals surface area contributed by atoms with E-state index in [4.69, 9.17) is 11.0 Å². The summed E-state index contributed by atoms with van der Waals surface area (Å²) in [5.74, 6) is -0.317. The van der Waals surface area contributed by atoms with Crippen molar-refractivity contribution in [1.29, 1.82) is 5.26 Å². The predicted molar refractivity (Wildman–Crippen MR) is 103 cm³/mol. The number of hydrogen-bond acceptors (Lipinski definition) is 4. The number of piperidine rings is 1. The van der Waals surface area contributed by atoms with Gasteiger partial charge in [0.15, 0.2) is 0 Å². The number of nitrogens with one attached hydrogen (secondary N) is 2. The number of aromatic nitrogens is 1. The van der Waals surface area contributed by atoms with Gasteiger partial charge in [0, 0.05) is 29.1 Å². The number of likely N-dealkylation sites (tertiary alicyclic amines) is 1. The van der Waals surface area contributed by atoms with Crippen LogP contribution in [0.1, 0.15) is 29.7 Å². The molecule has 1 saturated heterocycles. The molecule has 2 heterocycles. The molecule has 1 aromatic heterocycles. The molecule has 0 radical (unpaired) electrons. The van der Waals surface area contributed by atoms with Crippen molar-refractivity contribution in [2.24, 2.45) is 11.7 Å². The summed E-state index contributed by atoms with van der Waals surface area (Å²) >= 11 is 0. The van der Waals surface area contributed by atoms with E-state index in [0.717, 1.165) is 48.1 Å². The lowest BCUT2D eigenvalue weighted by atomic mass is 9.96. The molecule has 1 aromatic carbocycles. The number of aromatic amines is 1. The molecule has 142 valence electrons. The van der Waals surface area contributed by atoms with E-state index in [0.29, 0.717) is 25.1 Å². The van der Waals surface area contributed by atoms with Crippen molar-refractivity contribution >= 4 is 22.7 Å². The molecule has 7 nitrogen and oxygen atoms in total. The Bertz CT molecular complexity index is 888. The van der Waals surface area contributed by atoms with Gasteiger partial charge in [-0.25, -0.2) is 0 Å². The smallest absolute Gasteiger partial charge is 0.234 e. The highest BCUT2D eigenvalue weighted by Crippen LogP contribution is 2.23. The van der Waals surface area contributed by atoms with Crippen molar-refractivity contribution in [1.82, 2.24) is 15.2 Å². The Balaban J connectivity index is 1.51. The molecule has 27 heavy (non-hydrogen) atoms. The molecule has 0 atom stereocenters. The summed E-state index contributed by atoms with van der Waals surface area (Å²) in [6.07, 6.45) is 2.15. The van der Waals surface area contributed by atoms with Gasteiger partial charge in [0.25, 0.3) is 0 Å². The summed E-state index contributed by atoms with van der Waals surface area (Å²) in [5.41, 5.74) is 9.16. The van der Waals surface area contributed by atoms with Crippen LogP contribution in [0.3, 0.4) is 0 Å². The number of rotatable bonds is 6. The van der Waals surface area contributed by atoms with Crippen LogP contribution >= 0.6 is 0 Å². The summed E-state index contributed by atoms with van der Waals surface area (Å²) in [6, 6.07) is 7.77. The van der Waals surface area contributed by atoms with Crippen LogP contribution in [-0.4, -0.2) is 47.9 Å². The number of carbonyl (C=O) groups excluding carboxylic acids is 2. The quantitative estimate of drug-likeness (QED) is 0.711. The third-order valence-electron chi connectivity index (χ3n) is 5.30. The van der Waals surface area contributed by atoms with Crippen LogP contribution in [0.25, 0.3) is 10.9 Å². The van der Waals surface area contributed by atoms with Crippen molar-refractivity contribution in [3.63, 3.8) is 0 Å². The largest absolute Gasteiger partial charge is 0.369 e. The van der Waals surface area contributed by atoms with Gasteiger partial charge in [0.1, 0.15) is 0 Å². The van der Waals surface area contributed by atoms with Gasteiger partial charge in [0.05, 0.1) is 18.2 Å². The number of aryl methyl sites for hydroxylation is 1. The van der Waals surface area contributed by atoms with Crippen molar-refractivity contribution in [2.45, 2.75) is 26.2 Å². The van der Waals surface area contributed by atoms with Gasteiger partial charge < -0.3 is 16.0 Å². The third-order valence-corrected chi connectivity index (χ3v) is 5.30. The molecule has 2 amide bonds. The number of benzene rings is 1. The molecule has 1 aliphatic rings. The Hall–Kier alpha value is -2.85. The zero-order valence-corrected chi connectivity index (χ0v) is 15.5. The molecule has 2 aromatic rings. The number of nitriles is 1. The van der Waals surface area contributed by atoms with Crippen molar-refractivity contribution in [3.8, 4) is 6.07 Å². The van der Waals surface area contributed by atoms with Crippen LogP contribution < -0.4 is 11.1 Å². The van der Waals surface area contributed by atoms with Gasteiger partial charge in [-0.3, -0.25) is 14.5 Å². The van der Waals surface area contributed by atoms with Crippen molar-refractivity contribution in [3.05, 3.63) is 35.0 Å². The summed E-state index contributed by atoms with van der Waals surface area (Å²) in [4.78, 5) is 28.8. The maximum absolute atomic E-state index is 12.2. The lowest BCUT2D eigenvalue weighted by Crippen LogP contribution is -2.43. The number of H-pyrrole nitrogens is 1. The Labute approximate surface area is 158 Å². The molecular formula is C20H25N5O2. The highest BCUT2D eigenvalue weighted by atomic mass is 16.2. The van der Waals surface area contributed by atoms with E-state index in [1.807, 2.05) is 19.1 Å². The van der Waals surface area contributed by atoms with Crippen LogP contribution in [0.15, 0.2) is 18.2 Å². The summed E-state index contributed by atoms with van der Waals surface area (Å²) in [6.45, 7) is 4.34. The minimum atomic E-state index is -0.243. The first-order valence-corrected chi connectivity index (χ1v) is 9.27. The Morgan fingerprint density at radius 3 is 2.78 bits per heavy atom. The molecule has 3 rings (SSSR count). The number of fused-ring (bicyclic) bond motifs is 1. The van der Waals surface area contributed by atoms with Gasteiger partial charge in [-0.1, -0.05) is 0 Å². The second kappa shape index (κ2) is 8.23. The lowest BCUT2D eigenvalue weighted by Gasteiger charge is -2.29. The number of carbonyl (C=O) groups is 2. The van der Waals surface area contributed by atoms with Gasteiger partial charge in [0.2, 0.25) is 11.8 Å². The zero-order valence-electron chi connectivity index (χ0n) is 15.5. The fourth-order valence-corrected chi connectivity index (χ4v) is 3.74. The highest BCUT2D eigenvalue weighted by molar-refractivity contribution is 5.86. The third kappa shape index (κ3) is 4.47. The number of hydrogen-bond donors (Lipinski definition) is 3. The van der Waals surface area contributed by atoms with Crippen LogP contribution in [0.2, 0.25) is 0 Å². The van der Waals surface area contributed by atoms with Crippen LogP contribution in [-0.2, 0) is 16.0 Å². The number of primary amides is 1. The predicted octanol–water partition coefficient (Wildman–Crippen LogP) is 1.20. The zero-order chi connectivity index (χ0) is 19.4. The maximum atomic E-state index is 12.2. The van der Waals surface area contributed by atoms with Gasteiger partial charge >= 0.3 is 0 Å². The van der Waals surface area contributed by atoms with Gasteiger partial charge in [-0.2, -0.15) is 5.26 Å². The average Bonchev–Trinajstić information content (AvgIpc) is 2.96. The van der Waals surface area contributed by atoms with Gasteiger partial charge in [-0.15, -0.1) is 0 Å². The van der Waals surface area contributed by atoms with E-state index in [1.54, 1.807) is 6.07 Å². The molecule has 4 N–H and O–H groups in total. The van der Waals surface area contributed by atoms with E-state index < -0.39 is 0 Å². The molecule has 0 aliphatic carbocycles. The monoisotopic (exact) mass is 367 g/mol. The van der Waals surface area contributed by atoms with E-state index in [1.165, 1.54) is 0 Å². The number of nitrogens with two attached hydrogens (primary N) is 1. The number of amides is 2. The molecule has 7 heteroatoms. The fraction of sp³-hybridized carbons (Fsp3) is 0.450. The fourth-order valence-electron chi connectivity index (χ4n) is 3.74. The lowest BCUT2D eigenvalue weighted by molar-refractivity contribution is -0.124. The molecule has 0 saturated carbocycles. The normalized spacial score (nSPS) is 15.6. The Morgan fingerprint density at radius 1 is 1.37 bits per heavy atom. The SMILES string of the molecule is Cc1[nH]c2ccc(C#N)cc2c1CCNC(=O)CN1CCC(C(N)=O)CC1. The molecule has 0 bridgehead atoms. The molecule has 0 spiro atoms. The molecule has 0 unspecified atom stereocenters. The van der Waals surface area contributed by atoms with E-state index in [-0.39, 0.29) is 17.7 Å². The maximum Gasteiger partial charge on any atom is 0.234 e. The van der Waals surface area contributed by atoms with E-state index in [2.05, 4.69) is 21.3 Å². The first kappa shape index (κ1) is 18.9. The molecular weight excluding hydrogens is 342 g/mol. The van der Waals surface area contributed by atoms with Crippen molar-refractivity contribution < 1.29 is 9.59 Å². The number of nitrogens with zero attached hydrogens (tertiary/aromatic N) is 2. The first-order chi connectivity index (χ1) is 13.0. The standard InChI is InChI=1S/C20H25N5O2/c1-13-16(17-10-14(11-21)2-3-18(17)24-13)4-7-23-19(26)12-25-8-5-15(6-9-25)20(22)27/h2-3,10,15,24H,4-9,12H2,1H3,(H2,22,27)(H,23,26). The average molecular weight is 367 g/mol. The van der Waals surface area contributed by atoms with Crippen LogP contribution in [0.5, 0.6) is 0 Å². The topological polar surface area (TPSA) is 115 Å². The van der Waals surface area contributed by atoms with E-state index >= 15 is 0 Å². The summed E-state index contributed by atoms with van der Waals surface area (Å²) in [7, 11) is 0. The van der Waals surface area contributed by atoms with Crippen molar-refractivity contribution in [2.75, 3.05) is 26.2 Å². The Morgan fingerprint density at radius 2 is 2.11 bits per heavy atom. The Kier molecular flexibility index (Phi) is 5.77. The summed E-state index contributed by atoms with van der Waals surface area (Å²) < 4.78 is 0. The minimum Gasteiger partial charge on any atom is -0.369 e. The summed E-state index contributed by atoms with van der Waals surface area (Å²) in [5, 5.41) is 13.1. The molecule has 1 fully saturated rings. The first-order valence-electron chi connectivity index (χ1n) is 9.27. The van der Waals surface area contributed by atoms with E-state index in [9.17, 15) is 9.59 Å². The second-order valence-corrected chi connectivity index (χ2v) is 7.15. The van der Waals surface area contributed by atoms with Gasteiger partial charge in [-0.05, 0) is 63.0 Å². The molecule has 1 aliphatic heterocycles. The van der Waals surface area contributed by atoms with Crippen LogP contribution in [0, 0.1) is 24.2 Å². The highest BCUT2D eigenvalue weighted by Gasteiger charge is 2.24. The minimum absolute atomic E-state index is 0.0114. The second-order valence-electron chi connectivity index (χ2n) is 7.15.